The van der Waals surface area contributed by atoms with Gasteiger partial charge in [-0.25, -0.2) is 0 Å². The zero-order valence-corrected chi connectivity index (χ0v) is 17.7. The summed E-state index contributed by atoms with van der Waals surface area (Å²) in [6.07, 6.45) is 1.40. The number of hydrogen-bond donors (Lipinski definition) is 1. The third kappa shape index (κ3) is 3.86. The fraction of sp³-hybridized carbons (Fsp3) is 0.556. The van der Waals surface area contributed by atoms with E-state index < -0.39 is 5.60 Å². The first-order valence-electron chi connectivity index (χ1n) is 8.94. The molecule has 2 amide bonds. The van der Waals surface area contributed by atoms with Crippen LogP contribution >= 0.6 is 35.1 Å². The molecular formula is C18H24ClN3O3S2. The molecule has 148 valence electrons. The Balaban J connectivity index is 0.00000210. The molecule has 4 rings (SSSR count). The number of amides is 2. The molecule has 2 aromatic heterocycles. The molecule has 2 aliphatic rings. The molecule has 0 aromatic carbocycles. The number of piperidine rings is 1. The van der Waals surface area contributed by atoms with Gasteiger partial charge in [0.15, 0.2) is 0 Å². The van der Waals surface area contributed by atoms with Crippen molar-refractivity contribution in [1.29, 1.82) is 0 Å². The highest BCUT2D eigenvalue weighted by molar-refractivity contribution is 7.27. The summed E-state index contributed by atoms with van der Waals surface area (Å²) in [4.78, 5) is 30.3. The number of carbonyl (C=O) groups is 2. The minimum Gasteiger partial charge on any atom is -0.368 e. The predicted molar refractivity (Wildman–Crippen MR) is 111 cm³/mol. The summed E-state index contributed by atoms with van der Waals surface area (Å²) in [5.41, 5.74) is -0.699. The molecule has 0 radical (unpaired) electrons. The molecule has 9 heteroatoms. The number of methoxy groups -OCH3 is 1. The van der Waals surface area contributed by atoms with E-state index >= 15 is 0 Å². The van der Waals surface area contributed by atoms with Gasteiger partial charge in [0.05, 0.1) is 4.88 Å². The number of hydrogen-bond acceptors (Lipinski definition) is 6. The van der Waals surface area contributed by atoms with Crippen molar-refractivity contribution >= 4 is 56.3 Å². The van der Waals surface area contributed by atoms with Crippen molar-refractivity contribution in [2.75, 3.05) is 46.4 Å². The molecule has 27 heavy (non-hydrogen) atoms. The Kier molecular flexibility index (Phi) is 6.43. The smallest absolute Gasteiger partial charge is 0.264 e. The second-order valence-electron chi connectivity index (χ2n) is 6.79. The summed E-state index contributed by atoms with van der Waals surface area (Å²) in [7, 11) is 1.63. The number of piperazine rings is 1. The van der Waals surface area contributed by atoms with E-state index in [1.54, 1.807) is 29.8 Å². The van der Waals surface area contributed by atoms with Crippen LogP contribution in [-0.4, -0.2) is 73.6 Å². The number of halogens is 1. The topological polar surface area (TPSA) is 61.9 Å². The molecule has 2 aromatic rings. The number of rotatable bonds is 3. The molecule has 4 heterocycles. The lowest BCUT2D eigenvalue weighted by atomic mass is 9.90. The molecule has 0 aliphatic carbocycles. The quantitative estimate of drug-likeness (QED) is 0.814. The highest BCUT2D eigenvalue weighted by Crippen LogP contribution is 2.31. The van der Waals surface area contributed by atoms with Gasteiger partial charge in [-0.3, -0.25) is 9.59 Å². The van der Waals surface area contributed by atoms with Crippen molar-refractivity contribution in [2.24, 2.45) is 0 Å². The SMILES string of the molecule is COC1(C(=O)N2CCN(C(=O)c3cc4sccc4s3)CC2)CCNCC1.Cl. The first-order valence-corrected chi connectivity index (χ1v) is 10.6. The van der Waals surface area contributed by atoms with Gasteiger partial charge in [0.25, 0.3) is 11.8 Å². The maximum Gasteiger partial charge on any atom is 0.264 e. The van der Waals surface area contributed by atoms with E-state index in [0.717, 1.165) is 18.0 Å². The number of thiophene rings is 2. The van der Waals surface area contributed by atoms with Crippen LogP contribution in [-0.2, 0) is 9.53 Å². The first kappa shape index (κ1) is 20.5. The van der Waals surface area contributed by atoms with Gasteiger partial charge < -0.3 is 19.9 Å². The van der Waals surface area contributed by atoms with Gasteiger partial charge in [-0.2, -0.15) is 0 Å². The summed E-state index contributed by atoms with van der Waals surface area (Å²) in [5.74, 6) is 0.152. The standard InChI is InChI=1S/C18H23N3O3S2.ClH/c1-24-18(3-5-19-6-4-18)17(23)21-9-7-20(8-10-21)16(22)15-12-14-13(26-15)2-11-25-14;/h2,11-12,19H,3-10H2,1H3;1H. The largest absolute Gasteiger partial charge is 0.368 e. The average Bonchev–Trinajstić information content (AvgIpc) is 3.30. The molecule has 0 atom stereocenters. The van der Waals surface area contributed by atoms with E-state index in [1.807, 2.05) is 21.2 Å². The molecule has 2 saturated heterocycles. The molecule has 0 bridgehead atoms. The van der Waals surface area contributed by atoms with E-state index in [9.17, 15) is 9.59 Å². The minimum atomic E-state index is -0.699. The summed E-state index contributed by atoms with van der Waals surface area (Å²) < 4.78 is 7.99. The van der Waals surface area contributed by atoms with Crippen LogP contribution in [0.2, 0.25) is 0 Å². The molecule has 1 N–H and O–H groups in total. The molecule has 6 nitrogen and oxygen atoms in total. The van der Waals surface area contributed by atoms with Gasteiger partial charge >= 0.3 is 0 Å². The Morgan fingerprint density at radius 1 is 1.11 bits per heavy atom. The van der Waals surface area contributed by atoms with Gasteiger partial charge in [-0.05, 0) is 43.4 Å². The normalized spacial score (nSPS) is 19.7. The Morgan fingerprint density at radius 3 is 2.41 bits per heavy atom. The number of ether oxygens (including phenoxy) is 1. The van der Waals surface area contributed by atoms with Crippen LogP contribution in [0.1, 0.15) is 22.5 Å². The van der Waals surface area contributed by atoms with E-state index in [4.69, 9.17) is 4.74 Å². The van der Waals surface area contributed by atoms with Gasteiger partial charge in [-0.15, -0.1) is 35.1 Å². The maximum absolute atomic E-state index is 13.0. The van der Waals surface area contributed by atoms with Crippen LogP contribution in [0.5, 0.6) is 0 Å². The Labute approximate surface area is 172 Å². The molecule has 0 unspecified atom stereocenters. The molecule has 0 spiro atoms. The highest BCUT2D eigenvalue weighted by Gasteiger charge is 2.43. The molecule has 2 fully saturated rings. The number of nitrogens with zero attached hydrogens (tertiary/aromatic N) is 2. The van der Waals surface area contributed by atoms with Crippen LogP contribution in [0, 0.1) is 0 Å². The fourth-order valence-electron chi connectivity index (χ4n) is 3.76. The first-order chi connectivity index (χ1) is 12.6. The number of carbonyl (C=O) groups excluding carboxylic acids is 2. The van der Waals surface area contributed by atoms with Crippen molar-refractivity contribution in [2.45, 2.75) is 18.4 Å². The van der Waals surface area contributed by atoms with Crippen molar-refractivity contribution in [1.82, 2.24) is 15.1 Å². The van der Waals surface area contributed by atoms with E-state index in [1.165, 1.54) is 9.40 Å². The van der Waals surface area contributed by atoms with Gasteiger partial charge in [0.2, 0.25) is 0 Å². The van der Waals surface area contributed by atoms with Crippen LogP contribution in [0.4, 0.5) is 0 Å². The molecule has 0 saturated carbocycles. The van der Waals surface area contributed by atoms with Crippen LogP contribution < -0.4 is 5.32 Å². The third-order valence-corrected chi connectivity index (χ3v) is 7.48. The van der Waals surface area contributed by atoms with Crippen LogP contribution in [0.15, 0.2) is 17.5 Å². The van der Waals surface area contributed by atoms with Crippen LogP contribution in [0.25, 0.3) is 9.40 Å². The summed E-state index contributed by atoms with van der Waals surface area (Å²) in [6.45, 7) is 3.90. The van der Waals surface area contributed by atoms with Crippen molar-refractivity contribution in [3.63, 3.8) is 0 Å². The second kappa shape index (κ2) is 8.45. The molecule has 2 aliphatic heterocycles. The summed E-state index contributed by atoms with van der Waals surface area (Å²) in [5, 5.41) is 5.33. The number of nitrogens with one attached hydrogen (secondary N) is 1. The Hall–Kier alpha value is -1.19. The lowest BCUT2D eigenvalue weighted by Gasteiger charge is -2.42. The van der Waals surface area contributed by atoms with Gasteiger partial charge in [-0.1, -0.05) is 0 Å². The maximum atomic E-state index is 13.0. The molecular weight excluding hydrogens is 406 g/mol. The monoisotopic (exact) mass is 429 g/mol. The van der Waals surface area contributed by atoms with Crippen LogP contribution in [0.3, 0.4) is 0 Å². The van der Waals surface area contributed by atoms with E-state index in [0.29, 0.717) is 39.0 Å². The van der Waals surface area contributed by atoms with E-state index in [2.05, 4.69) is 11.4 Å². The predicted octanol–water partition coefficient (Wildman–Crippen LogP) is 2.44. The van der Waals surface area contributed by atoms with Crippen molar-refractivity contribution < 1.29 is 14.3 Å². The third-order valence-electron chi connectivity index (χ3n) is 5.40. The van der Waals surface area contributed by atoms with Gasteiger partial charge in [0.1, 0.15) is 5.60 Å². The van der Waals surface area contributed by atoms with E-state index in [-0.39, 0.29) is 24.2 Å². The second-order valence-corrected chi connectivity index (χ2v) is 8.82. The Morgan fingerprint density at radius 2 is 1.78 bits per heavy atom. The zero-order valence-electron chi connectivity index (χ0n) is 15.2. The minimum absolute atomic E-state index is 0. The average molecular weight is 430 g/mol. The summed E-state index contributed by atoms with van der Waals surface area (Å²) in [6, 6.07) is 4.04. The zero-order chi connectivity index (χ0) is 18.1. The lowest BCUT2D eigenvalue weighted by Crippen LogP contribution is -2.59. The lowest BCUT2D eigenvalue weighted by molar-refractivity contribution is -0.159. The Bertz CT molecular complexity index is 779. The van der Waals surface area contributed by atoms with Crippen molar-refractivity contribution in [3.8, 4) is 0 Å². The highest BCUT2D eigenvalue weighted by atomic mass is 35.5. The number of fused-ring (bicyclic) bond motifs is 1. The van der Waals surface area contributed by atoms with Crippen molar-refractivity contribution in [3.05, 3.63) is 22.4 Å². The summed E-state index contributed by atoms with van der Waals surface area (Å²) >= 11 is 3.21. The fourth-order valence-corrected chi connectivity index (χ4v) is 5.84. The van der Waals surface area contributed by atoms with Gasteiger partial charge in [0, 0.05) is 42.7 Å².